The van der Waals surface area contributed by atoms with Gasteiger partial charge in [0.15, 0.2) is 0 Å². The molecule has 0 aliphatic rings. The van der Waals surface area contributed by atoms with E-state index >= 15 is 0 Å². The molecule has 176 valence electrons. The molecule has 0 spiro atoms. The van der Waals surface area contributed by atoms with Gasteiger partial charge in [0.1, 0.15) is 17.3 Å². The summed E-state index contributed by atoms with van der Waals surface area (Å²) in [4.78, 5) is 30.4. The van der Waals surface area contributed by atoms with Crippen LogP contribution in [0.5, 0.6) is 5.88 Å². The maximum absolute atomic E-state index is 13.1. The molecule has 0 N–H and O–H groups in total. The minimum atomic E-state index is -4.84. The Morgan fingerprint density at radius 3 is 2.47 bits per heavy atom. The summed E-state index contributed by atoms with van der Waals surface area (Å²) >= 11 is 7.65. The Kier molecular flexibility index (Phi) is 6.37. The van der Waals surface area contributed by atoms with Gasteiger partial charge in [-0.25, -0.2) is 14.3 Å². The van der Waals surface area contributed by atoms with Crippen LogP contribution in [-0.2, 0) is 19.8 Å². The van der Waals surface area contributed by atoms with E-state index in [1.54, 1.807) is 0 Å². The fourth-order valence-electron chi connectivity index (χ4n) is 3.31. The number of ether oxygens (including phenoxy) is 1. The third-order valence-electron chi connectivity index (χ3n) is 5.02. The lowest BCUT2D eigenvalue weighted by atomic mass is 10.2. The van der Waals surface area contributed by atoms with Crippen LogP contribution in [0.2, 0.25) is 5.02 Å². The molecule has 11 heteroatoms. The minimum Gasteiger partial charge on any atom is -0.472 e. The normalized spacial score (nSPS) is 11.6. The van der Waals surface area contributed by atoms with Crippen molar-refractivity contribution in [2.75, 3.05) is 0 Å². The van der Waals surface area contributed by atoms with E-state index in [-0.39, 0.29) is 5.69 Å². The monoisotopic (exact) mass is 507 g/mol. The Bertz CT molecular complexity index is 1480. The number of hydrogen-bond donors (Lipinski definition) is 0. The summed E-state index contributed by atoms with van der Waals surface area (Å²) in [5.74, 6) is 0.410. The molecule has 0 bridgehead atoms. The summed E-state index contributed by atoms with van der Waals surface area (Å²) in [6.45, 7) is 2.14. The first kappa shape index (κ1) is 23.8. The van der Waals surface area contributed by atoms with Gasteiger partial charge in [-0.2, -0.15) is 13.2 Å². The van der Waals surface area contributed by atoms with Gasteiger partial charge >= 0.3 is 11.9 Å². The molecular formula is C23H17ClF3N3O3S. The quantitative estimate of drug-likeness (QED) is 0.371. The van der Waals surface area contributed by atoms with E-state index in [0.29, 0.717) is 43.3 Å². The summed E-state index contributed by atoms with van der Waals surface area (Å²) in [6, 6.07) is 14.2. The van der Waals surface area contributed by atoms with Crippen LogP contribution in [0, 0.1) is 6.92 Å². The standard InChI is InChI=1S/C23H17ClF3N3O3S/c1-13-20(33-12-14-6-4-3-5-7-14)28-21(34-13)16-10-15(8-9-17(16)24)30-19(31)11-18(23(25,26)27)29(2)22(30)32/h3-11H,12H2,1-2H3. The highest BCUT2D eigenvalue weighted by Gasteiger charge is 2.35. The number of rotatable bonds is 5. The molecule has 0 saturated carbocycles. The number of thiazole rings is 1. The molecule has 4 rings (SSSR count). The van der Waals surface area contributed by atoms with Crippen molar-refractivity contribution in [1.29, 1.82) is 0 Å². The van der Waals surface area contributed by atoms with E-state index in [0.717, 1.165) is 17.5 Å². The first-order valence-corrected chi connectivity index (χ1v) is 11.1. The second kappa shape index (κ2) is 9.11. The molecule has 2 aromatic heterocycles. The van der Waals surface area contributed by atoms with E-state index in [1.807, 2.05) is 37.3 Å². The van der Waals surface area contributed by atoms with Gasteiger partial charge in [0.05, 0.1) is 15.6 Å². The van der Waals surface area contributed by atoms with Gasteiger partial charge in [0, 0.05) is 18.7 Å². The lowest BCUT2D eigenvalue weighted by Gasteiger charge is -2.14. The summed E-state index contributed by atoms with van der Waals surface area (Å²) in [6.07, 6.45) is -4.84. The fourth-order valence-corrected chi connectivity index (χ4v) is 4.46. The first-order chi connectivity index (χ1) is 16.1. The van der Waals surface area contributed by atoms with Crippen LogP contribution in [0.3, 0.4) is 0 Å². The van der Waals surface area contributed by atoms with Gasteiger partial charge < -0.3 is 4.74 Å². The summed E-state index contributed by atoms with van der Waals surface area (Å²) in [5.41, 5.74) is -2.12. The average molecular weight is 508 g/mol. The topological polar surface area (TPSA) is 66.1 Å². The number of aryl methyl sites for hydroxylation is 1. The molecule has 6 nitrogen and oxygen atoms in total. The third kappa shape index (κ3) is 4.64. The molecule has 4 aromatic rings. The zero-order chi connectivity index (χ0) is 24.6. The molecule has 2 aromatic carbocycles. The smallest absolute Gasteiger partial charge is 0.431 e. The van der Waals surface area contributed by atoms with Crippen molar-refractivity contribution >= 4 is 22.9 Å². The maximum atomic E-state index is 13.1. The molecule has 0 saturated heterocycles. The number of nitrogens with zero attached hydrogens (tertiary/aromatic N) is 3. The lowest BCUT2D eigenvalue weighted by Crippen LogP contribution is -2.40. The zero-order valence-electron chi connectivity index (χ0n) is 17.9. The Balaban J connectivity index is 1.73. The van der Waals surface area contributed by atoms with Crippen LogP contribution >= 0.6 is 22.9 Å². The van der Waals surface area contributed by atoms with E-state index in [2.05, 4.69) is 4.98 Å². The summed E-state index contributed by atoms with van der Waals surface area (Å²) < 4.78 is 46.3. The molecule has 34 heavy (non-hydrogen) atoms. The minimum absolute atomic E-state index is 0.0679. The molecule has 2 heterocycles. The highest BCUT2D eigenvalue weighted by atomic mass is 35.5. The van der Waals surface area contributed by atoms with Crippen molar-refractivity contribution in [2.45, 2.75) is 19.7 Å². The van der Waals surface area contributed by atoms with E-state index in [1.165, 1.54) is 29.5 Å². The summed E-state index contributed by atoms with van der Waals surface area (Å²) in [5, 5.41) is 0.771. The van der Waals surface area contributed by atoms with Crippen LogP contribution < -0.4 is 16.0 Å². The maximum Gasteiger partial charge on any atom is 0.431 e. The van der Waals surface area contributed by atoms with Crippen molar-refractivity contribution in [3.8, 4) is 22.1 Å². The average Bonchev–Trinajstić information content (AvgIpc) is 3.16. The van der Waals surface area contributed by atoms with Gasteiger partial charge in [0.25, 0.3) is 5.56 Å². The number of aromatic nitrogens is 3. The van der Waals surface area contributed by atoms with Crippen LogP contribution in [0.25, 0.3) is 16.3 Å². The van der Waals surface area contributed by atoms with E-state index in [9.17, 15) is 22.8 Å². The van der Waals surface area contributed by atoms with Gasteiger partial charge in [0.2, 0.25) is 5.88 Å². The van der Waals surface area contributed by atoms with Gasteiger partial charge in [-0.15, -0.1) is 11.3 Å². The molecule has 0 amide bonds. The predicted molar refractivity (Wildman–Crippen MR) is 124 cm³/mol. The van der Waals surface area contributed by atoms with E-state index < -0.39 is 23.1 Å². The molecular weight excluding hydrogens is 491 g/mol. The number of benzene rings is 2. The third-order valence-corrected chi connectivity index (χ3v) is 6.34. The van der Waals surface area contributed by atoms with Crippen LogP contribution in [0.1, 0.15) is 16.1 Å². The predicted octanol–water partition coefficient (Wildman–Crippen LogP) is 5.22. The summed E-state index contributed by atoms with van der Waals surface area (Å²) in [7, 11) is 0.957. The molecule has 0 aliphatic carbocycles. The van der Waals surface area contributed by atoms with Crippen molar-refractivity contribution < 1.29 is 17.9 Å². The Morgan fingerprint density at radius 2 is 1.79 bits per heavy atom. The molecule has 0 radical (unpaired) electrons. The molecule has 0 aliphatic heterocycles. The van der Waals surface area contributed by atoms with Crippen molar-refractivity contribution in [2.24, 2.45) is 7.05 Å². The highest BCUT2D eigenvalue weighted by molar-refractivity contribution is 7.15. The van der Waals surface area contributed by atoms with Crippen LogP contribution in [0.15, 0.2) is 64.2 Å². The van der Waals surface area contributed by atoms with Crippen molar-refractivity contribution in [3.63, 3.8) is 0 Å². The number of alkyl halides is 3. The van der Waals surface area contributed by atoms with Crippen molar-refractivity contribution in [3.05, 3.63) is 96.6 Å². The first-order valence-electron chi connectivity index (χ1n) is 9.91. The second-order valence-electron chi connectivity index (χ2n) is 7.36. The van der Waals surface area contributed by atoms with Gasteiger partial charge in [-0.1, -0.05) is 41.9 Å². The Hall–Kier alpha value is -3.37. The number of hydrogen-bond acceptors (Lipinski definition) is 5. The molecule has 0 fully saturated rings. The fraction of sp³-hybridized carbons (Fsp3) is 0.174. The zero-order valence-corrected chi connectivity index (χ0v) is 19.5. The highest BCUT2D eigenvalue weighted by Crippen LogP contribution is 2.37. The SMILES string of the molecule is Cc1sc(-c2cc(-n3c(=O)cc(C(F)(F)F)n(C)c3=O)ccc2Cl)nc1OCc1ccccc1. The Labute approximate surface area is 200 Å². The molecule has 0 unspecified atom stereocenters. The lowest BCUT2D eigenvalue weighted by molar-refractivity contribution is -0.144. The van der Waals surface area contributed by atoms with Gasteiger partial charge in [-0.05, 0) is 30.7 Å². The second-order valence-corrected chi connectivity index (χ2v) is 8.97. The molecule has 0 atom stereocenters. The van der Waals surface area contributed by atoms with Crippen LogP contribution in [0.4, 0.5) is 13.2 Å². The Morgan fingerprint density at radius 1 is 1.09 bits per heavy atom. The largest absolute Gasteiger partial charge is 0.472 e. The van der Waals surface area contributed by atoms with Crippen LogP contribution in [-0.4, -0.2) is 14.1 Å². The van der Waals surface area contributed by atoms with Gasteiger partial charge in [-0.3, -0.25) is 9.36 Å². The van der Waals surface area contributed by atoms with Crippen molar-refractivity contribution in [1.82, 2.24) is 14.1 Å². The van der Waals surface area contributed by atoms with E-state index in [4.69, 9.17) is 16.3 Å². The number of halogens is 4.